The molecule has 42 heavy (non-hydrogen) atoms. The van der Waals surface area contributed by atoms with E-state index >= 15 is 8.78 Å². The molecule has 6 rings (SSSR count). The van der Waals surface area contributed by atoms with Crippen LogP contribution in [0.15, 0.2) is 67.3 Å². The topological polar surface area (TPSA) is 57.4 Å². The summed E-state index contributed by atoms with van der Waals surface area (Å²) < 4.78 is 32.4. The van der Waals surface area contributed by atoms with Crippen molar-refractivity contribution in [1.29, 1.82) is 0 Å². The molecule has 0 saturated carbocycles. The lowest BCUT2D eigenvalue weighted by Gasteiger charge is -2.28. The molecule has 0 atom stereocenters. The van der Waals surface area contributed by atoms with E-state index in [0.717, 1.165) is 5.56 Å². The molecule has 0 aliphatic rings. The van der Waals surface area contributed by atoms with E-state index < -0.39 is 5.41 Å². The first-order valence-corrected chi connectivity index (χ1v) is 14.5. The normalized spacial score (nSPS) is 12.5. The predicted octanol–water partition coefficient (Wildman–Crippen LogP) is 10.2. The van der Waals surface area contributed by atoms with E-state index in [9.17, 15) is 0 Å². The van der Waals surface area contributed by atoms with Crippen molar-refractivity contribution in [2.75, 3.05) is 0 Å². The second-order valence-electron chi connectivity index (χ2n) is 12.4. The Labute approximate surface area is 253 Å². The van der Waals surface area contributed by atoms with Gasteiger partial charge in [-0.05, 0) is 52.1 Å². The Morgan fingerprint density at radius 3 is 2.12 bits per heavy atom. The third-order valence-corrected chi connectivity index (χ3v) is 8.70. The van der Waals surface area contributed by atoms with Crippen molar-refractivity contribution >= 4 is 45.3 Å². The van der Waals surface area contributed by atoms with Crippen LogP contribution in [0.3, 0.4) is 0 Å². The molecule has 4 nitrogen and oxygen atoms in total. The van der Waals surface area contributed by atoms with E-state index in [-0.39, 0.29) is 17.0 Å². The SMILES string of the molecule is CC(C)(C)c1cccc(-c2cc(CC(C)(C)c3cccc(-c4c(Cl)ccc5nc[nH]c45)c3F)c3nc[nH]c3c2Cl)c1F. The Bertz CT molecular complexity index is 1980. The largest absolute Gasteiger partial charge is 0.344 e. The number of fused-ring (bicyclic) bond motifs is 2. The number of rotatable bonds is 5. The van der Waals surface area contributed by atoms with E-state index in [2.05, 4.69) is 19.9 Å². The summed E-state index contributed by atoms with van der Waals surface area (Å²) in [5.41, 5.74) is 5.50. The van der Waals surface area contributed by atoms with E-state index in [0.29, 0.717) is 71.9 Å². The van der Waals surface area contributed by atoms with Gasteiger partial charge < -0.3 is 9.97 Å². The van der Waals surface area contributed by atoms with Crippen molar-refractivity contribution in [3.05, 3.63) is 106 Å². The minimum absolute atomic E-state index is 0.306. The summed E-state index contributed by atoms with van der Waals surface area (Å²) in [6.45, 7) is 9.91. The average Bonchev–Trinajstić information content (AvgIpc) is 3.61. The first-order valence-electron chi connectivity index (χ1n) is 13.7. The van der Waals surface area contributed by atoms with Crippen LogP contribution < -0.4 is 0 Å². The quantitative estimate of drug-likeness (QED) is 0.206. The highest BCUT2D eigenvalue weighted by atomic mass is 35.5. The molecule has 0 aliphatic carbocycles. The van der Waals surface area contributed by atoms with Crippen LogP contribution in [0.4, 0.5) is 8.78 Å². The summed E-state index contributed by atoms with van der Waals surface area (Å²) >= 11 is 13.5. The summed E-state index contributed by atoms with van der Waals surface area (Å²) in [5, 5.41) is 0.824. The zero-order valence-electron chi connectivity index (χ0n) is 24.0. The summed E-state index contributed by atoms with van der Waals surface area (Å²) in [6, 6.07) is 16.2. The van der Waals surface area contributed by atoms with Crippen molar-refractivity contribution < 1.29 is 8.78 Å². The smallest absolute Gasteiger partial charge is 0.134 e. The third kappa shape index (κ3) is 4.67. The van der Waals surface area contributed by atoms with E-state index in [1.807, 2.05) is 52.8 Å². The van der Waals surface area contributed by atoms with Gasteiger partial charge in [-0.1, -0.05) is 94.2 Å². The molecule has 2 aromatic heterocycles. The maximum Gasteiger partial charge on any atom is 0.134 e. The lowest BCUT2D eigenvalue weighted by molar-refractivity contribution is 0.483. The van der Waals surface area contributed by atoms with Crippen LogP contribution >= 0.6 is 23.2 Å². The first kappa shape index (κ1) is 28.4. The molecule has 0 bridgehead atoms. The summed E-state index contributed by atoms with van der Waals surface area (Å²) in [6.07, 6.45) is 3.57. The highest BCUT2D eigenvalue weighted by molar-refractivity contribution is 6.38. The molecule has 0 amide bonds. The molecule has 8 heteroatoms. The number of aromatic nitrogens is 4. The second kappa shape index (κ2) is 10.2. The number of hydrogen-bond donors (Lipinski definition) is 2. The van der Waals surface area contributed by atoms with Crippen molar-refractivity contribution in [3.8, 4) is 22.3 Å². The number of H-pyrrole nitrogens is 2. The zero-order valence-corrected chi connectivity index (χ0v) is 25.5. The molecule has 0 saturated heterocycles. The maximum absolute atomic E-state index is 16.5. The lowest BCUT2D eigenvalue weighted by Crippen LogP contribution is -2.23. The van der Waals surface area contributed by atoms with Crippen LogP contribution in [0, 0.1) is 11.6 Å². The number of benzene rings is 4. The number of nitrogens with one attached hydrogen (secondary N) is 2. The minimum atomic E-state index is -0.683. The molecule has 4 aromatic carbocycles. The van der Waals surface area contributed by atoms with Gasteiger partial charge in [-0.2, -0.15) is 0 Å². The Morgan fingerprint density at radius 1 is 0.738 bits per heavy atom. The fourth-order valence-corrected chi connectivity index (χ4v) is 6.42. The van der Waals surface area contributed by atoms with Gasteiger partial charge in [0.15, 0.2) is 0 Å². The number of nitrogens with zero attached hydrogens (tertiary/aromatic N) is 2. The maximum atomic E-state index is 16.5. The molecule has 6 aromatic rings. The van der Waals surface area contributed by atoms with Gasteiger partial charge in [0.25, 0.3) is 0 Å². The minimum Gasteiger partial charge on any atom is -0.344 e. The molecule has 0 unspecified atom stereocenters. The summed E-state index contributed by atoms with van der Waals surface area (Å²) in [4.78, 5) is 15.1. The molecule has 0 fully saturated rings. The summed E-state index contributed by atoms with van der Waals surface area (Å²) in [7, 11) is 0. The Morgan fingerprint density at radius 2 is 1.38 bits per heavy atom. The first-order chi connectivity index (χ1) is 19.9. The van der Waals surface area contributed by atoms with Gasteiger partial charge in [0.1, 0.15) is 11.6 Å². The van der Waals surface area contributed by atoms with Crippen LogP contribution in [0.5, 0.6) is 0 Å². The fourth-order valence-electron chi connectivity index (χ4n) is 5.86. The molecular formula is C34H30Cl2F2N4. The highest BCUT2D eigenvalue weighted by Gasteiger charge is 2.30. The fraction of sp³-hybridized carbons (Fsp3) is 0.235. The van der Waals surface area contributed by atoms with Gasteiger partial charge in [0.2, 0.25) is 0 Å². The van der Waals surface area contributed by atoms with Crippen molar-refractivity contribution in [1.82, 2.24) is 19.9 Å². The molecule has 0 radical (unpaired) electrons. The van der Waals surface area contributed by atoms with E-state index in [4.69, 9.17) is 23.2 Å². The van der Waals surface area contributed by atoms with Gasteiger partial charge in [0.05, 0.1) is 44.8 Å². The highest BCUT2D eigenvalue weighted by Crippen LogP contribution is 2.43. The summed E-state index contributed by atoms with van der Waals surface area (Å²) in [5.74, 6) is -0.664. The molecule has 0 spiro atoms. The third-order valence-electron chi connectivity index (χ3n) is 7.99. The Kier molecular flexibility index (Phi) is 6.90. The predicted molar refractivity (Wildman–Crippen MR) is 168 cm³/mol. The molecular weight excluding hydrogens is 573 g/mol. The van der Waals surface area contributed by atoms with Gasteiger partial charge >= 0.3 is 0 Å². The number of halogens is 4. The number of aromatic amines is 2. The van der Waals surface area contributed by atoms with Gasteiger partial charge in [-0.3, -0.25) is 0 Å². The van der Waals surface area contributed by atoms with Gasteiger partial charge in [-0.15, -0.1) is 0 Å². The van der Waals surface area contributed by atoms with Crippen molar-refractivity contribution in [2.45, 2.75) is 51.9 Å². The van der Waals surface area contributed by atoms with Crippen LogP contribution in [0.25, 0.3) is 44.3 Å². The van der Waals surface area contributed by atoms with Gasteiger partial charge in [0, 0.05) is 22.3 Å². The van der Waals surface area contributed by atoms with Crippen LogP contribution in [0.2, 0.25) is 10.0 Å². The second-order valence-corrected chi connectivity index (χ2v) is 13.2. The molecule has 214 valence electrons. The van der Waals surface area contributed by atoms with Crippen LogP contribution in [-0.4, -0.2) is 19.9 Å². The molecule has 0 aliphatic heterocycles. The molecule has 2 heterocycles. The van der Waals surface area contributed by atoms with Crippen molar-refractivity contribution in [2.24, 2.45) is 0 Å². The Balaban J connectivity index is 1.48. The average molecular weight is 604 g/mol. The van der Waals surface area contributed by atoms with E-state index in [1.165, 1.54) is 0 Å². The van der Waals surface area contributed by atoms with Gasteiger partial charge in [-0.25, -0.2) is 18.7 Å². The Hall–Kier alpha value is -3.74. The van der Waals surface area contributed by atoms with E-state index in [1.54, 1.807) is 49.1 Å². The molecule has 2 N–H and O–H groups in total. The monoisotopic (exact) mass is 602 g/mol. The van der Waals surface area contributed by atoms with Crippen LogP contribution in [-0.2, 0) is 17.3 Å². The zero-order chi connectivity index (χ0) is 30.0. The standard InChI is InChI=1S/C34H30Cl2F2N4/c1-33(2,3)22-10-6-8-19(28(22)37)21-14-18(30-32(27(21)36)42-17-40-30)15-34(4,5)23-11-7-9-20(29(23)38)26-24(35)12-13-25-31(26)41-16-39-25/h6-14,16-17H,15H2,1-5H3,(H,39,41)(H,40,42). The number of hydrogen-bond acceptors (Lipinski definition) is 2. The van der Waals surface area contributed by atoms with Crippen LogP contribution in [0.1, 0.15) is 51.3 Å². The lowest BCUT2D eigenvalue weighted by atomic mass is 9.77. The van der Waals surface area contributed by atoms with Crippen molar-refractivity contribution in [3.63, 3.8) is 0 Å². The number of imidazole rings is 2.